The van der Waals surface area contributed by atoms with Crippen LogP contribution < -0.4 is 10.6 Å². The molecule has 3 N–H and O–H groups in total. The van der Waals surface area contributed by atoms with Gasteiger partial charge in [-0.3, -0.25) is 0 Å². The lowest BCUT2D eigenvalue weighted by Gasteiger charge is -2.08. The maximum Gasteiger partial charge on any atom is 0.356 e. The van der Waals surface area contributed by atoms with Crippen molar-refractivity contribution < 1.29 is 9.53 Å². The first-order chi connectivity index (χ1) is 9.06. The Morgan fingerprint density at radius 1 is 1.47 bits per heavy atom. The summed E-state index contributed by atoms with van der Waals surface area (Å²) < 4.78 is 5.68. The summed E-state index contributed by atoms with van der Waals surface area (Å²) in [6.45, 7) is 0. The summed E-state index contributed by atoms with van der Waals surface area (Å²) >= 11 is 8.49. The van der Waals surface area contributed by atoms with Crippen LogP contribution >= 0.6 is 28.1 Å². The molecule has 2 aromatic rings. The number of benzene rings is 1. The molecule has 0 unspecified atom stereocenters. The number of carbonyl (C=O) groups is 1. The number of halogens is 1. The minimum absolute atomic E-state index is 0.341. The monoisotopic (exact) mass is 341 g/mol. The van der Waals surface area contributed by atoms with Gasteiger partial charge in [-0.2, -0.15) is 0 Å². The Kier molecular flexibility index (Phi) is 4.06. The number of H-pyrrole nitrogens is 1. The summed E-state index contributed by atoms with van der Waals surface area (Å²) in [6, 6.07) is 5.67. The number of fused-ring (bicyclic) bond motifs is 1. The lowest BCUT2D eigenvalue weighted by atomic mass is 10.2. The summed E-state index contributed by atoms with van der Waals surface area (Å²) in [5.74, 6) is -0.450. The number of nitrogens with one attached hydrogen (secondary N) is 3. The first-order valence-corrected chi connectivity index (χ1v) is 6.65. The Labute approximate surface area is 123 Å². The number of anilines is 1. The number of esters is 1. The van der Waals surface area contributed by atoms with Crippen molar-refractivity contribution in [3.05, 3.63) is 28.4 Å². The zero-order chi connectivity index (χ0) is 14.0. The molecular weight excluding hydrogens is 330 g/mol. The van der Waals surface area contributed by atoms with E-state index in [2.05, 4.69) is 31.5 Å². The van der Waals surface area contributed by atoms with Crippen LogP contribution in [0.3, 0.4) is 0 Å². The van der Waals surface area contributed by atoms with Crippen molar-refractivity contribution in [2.24, 2.45) is 0 Å². The minimum atomic E-state index is -0.450. The molecule has 19 heavy (non-hydrogen) atoms. The Morgan fingerprint density at radius 3 is 2.84 bits per heavy atom. The SMILES string of the molecule is CNC(=S)Nc1c(C(=O)OC)[nH]c2ccc(Br)cc12. The van der Waals surface area contributed by atoms with E-state index in [-0.39, 0.29) is 0 Å². The van der Waals surface area contributed by atoms with Crippen molar-refractivity contribution in [3.8, 4) is 0 Å². The lowest BCUT2D eigenvalue weighted by Crippen LogP contribution is -2.25. The summed E-state index contributed by atoms with van der Waals surface area (Å²) in [4.78, 5) is 14.8. The lowest BCUT2D eigenvalue weighted by molar-refractivity contribution is 0.0596. The van der Waals surface area contributed by atoms with E-state index < -0.39 is 5.97 Å². The molecule has 0 aliphatic heterocycles. The fourth-order valence-corrected chi connectivity index (χ4v) is 2.19. The number of ether oxygens (including phenoxy) is 1. The van der Waals surface area contributed by atoms with Gasteiger partial charge in [0.05, 0.1) is 12.8 Å². The average molecular weight is 342 g/mol. The maximum atomic E-state index is 11.8. The van der Waals surface area contributed by atoms with Crippen molar-refractivity contribution in [1.29, 1.82) is 0 Å². The highest BCUT2D eigenvalue weighted by atomic mass is 79.9. The smallest absolute Gasteiger partial charge is 0.356 e. The molecule has 1 heterocycles. The van der Waals surface area contributed by atoms with Gasteiger partial charge >= 0.3 is 5.97 Å². The first kappa shape index (κ1) is 13.8. The van der Waals surface area contributed by atoms with E-state index in [1.54, 1.807) is 7.05 Å². The van der Waals surface area contributed by atoms with Crippen molar-refractivity contribution in [2.75, 3.05) is 19.5 Å². The number of methoxy groups -OCH3 is 1. The number of hydrogen-bond donors (Lipinski definition) is 3. The Bertz CT molecular complexity index is 654. The van der Waals surface area contributed by atoms with E-state index in [1.807, 2.05) is 18.2 Å². The number of carbonyl (C=O) groups excluding carboxylic acids is 1. The third-order valence-electron chi connectivity index (χ3n) is 2.62. The number of thiocarbonyl (C=S) groups is 1. The fourth-order valence-electron chi connectivity index (χ4n) is 1.73. The van der Waals surface area contributed by atoms with Gasteiger partial charge in [-0.25, -0.2) is 4.79 Å². The van der Waals surface area contributed by atoms with Gasteiger partial charge < -0.3 is 20.4 Å². The number of aromatic nitrogens is 1. The van der Waals surface area contributed by atoms with E-state index in [0.717, 1.165) is 15.4 Å². The maximum absolute atomic E-state index is 11.8. The van der Waals surface area contributed by atoms with Crippen LogP contribution in [0, 0.1) is 0 Å². The fraction of sp³-hybridized carbons (Fsp3) is 0.167. The van der Waals surface area contributed by atoms with E-state index in [4.69, 9.17) is 17.0 Å². The summed E-state index contributed by atoms with van der Waals surface area (Å²) in [7, 11) is 3.04. The highest BCUT2D eigenvalue weighted by Crippen LogP contribution is 2.30. The molecule has 0 atom stereocenters. The van der Waals surface area contributed by atoms with Gasteiger partial charge in [0.1, 0.15) is 5.69 Å². The second-order valence-corrected chi connectivity index (χ2v) is 5.08. The predicted octanol–water partition coefficient (Wildman–Crippen LogP) is 2.63. The molecule has 0 amide bonds. The summed E-state index contributed by atoms with van der Waals surface area (Å²) in [5.41, 5.74) is 1.76. The average Bonchev–Trinajstić information content (AvgIpc) is 2.76. The van der Waals surface area contributed by atoms with Crippen LogP contribution in [-0.4, -0.2) is 30.2 Å². The third kappa shape index (κ3) is 2.71. The topological polar surface area (TPSA) is 66.2 Å². The van der Waals surface area contributed by atoms with Crippen LogP contribution in [0.15, 0.2) is 22.7 Å². The van der Waals surface area contributed by atoms with Gasteiger partial charge in [0.15, 0.2) is 5.11 Å². The summed E-state index contributed by atoms with van der Waals surface area (Å²) in [6.07, 6.45) is 0. The number of hydrogen-bond acceptors (Lipinski definition) is 3. The predicted molar refractivity (Wildman–Crippen MR) is 82.6 cm³/mol. The first-order valence-electron chi connectivity index (χ1n) is 5.45. The highest BCUT2D eigenvalue weighted by molar-refractivity contribution is 9.10. The largest absolute Gasteiger partial charge is 0.464 e. The van der Waals surface area contributed by atoms with Gasteiger partial charge in [0, 0.05) is 22.4 Å². The zero-order valence-electron chi connectivity index (χ0n) is 10.3. The van der Waals surface area contributed by atoms with Crippen LogP contribution in [0.4, 0.5) is 5.69 Å². The van der Waals surface area contributed by atoms with E-state index >= 15 is 0 Å². The molecule has 0 aliphatic carbocycles. The van der Waals surface area contributed by atoms with E-state index in [0.29, 0.717) is 16.5 Å². The van der Waals surface area contributed by atoms with E-state index in [1.165, 1.54) is 7.11 Å². The van der Waals surface area contributed by atoms with Crippen LogP contribution in [0.2, 0.25) is 0 Å². The molecule has 5 nitrogen and oxygen atoms in total. The molecule has 100 valence electrons. The van der Waals surface area contributed by atoms with Crippen LogP contribution in [0.1, 0.15) is 10.5 Å². The van der Waals surface area contributed by atoms with Gasteiger partial charge in [-0.1, -0.05) is 15.9 Å². The summed E-state index contributed by atoms with van der Waals surface area (Å²) in [5, 5.41) is 7.08. The molecule has 0 bridgehead atoms. The van der Waals surface area contributed by atoms with Crippen LogP contribution in [-0.2, 0) is 4.74 Å². The molecule has 0 aliphatic rings. The molecule has 0 saturated heterocycles. The van der Waals surface area contributed by atoms with Crippen molar-refractivity contribution in [3.63, 3.8) is 0 Å². The molecule has 2 rings (SSSR count). The van der Waals surface area contributed by atoms with Gasteiger partial charge in [0.25, 0.3) is 0 Å². The van der Waals surface area contributed by atoms with E-state index in [9.17, 15) is 4.79 Å². The van der Waals surface area contributed by atoms with Crippen LogP contribution in [0.25, 0.3) is 10.9 Å². The molecule has 0 radical (unpaired) electrons. The quantitative estimate of drug-likeness (QED) is 0.578. The van der Waals surface area contributed by atoms with Crippen molar-refractivity contribution in [2.45, 2.75) is 0 Å². The Balaban J connectivity index is 2.62. The van der Waals surface area contributed by atoms with Gasteiger partial charge in [-0.15, -0.1) is 0 Å². The van der Waals surface area contributed by atoms with Gasteiger partial charge in [-0.05, 0) is 30.4 Å². The number of aromatic amines is 1. The van der Waals surface area contributed by atoms with Crippen molar-refractivity contribution in [1.82, 2.24) is 10.3 Å². The standard InChI is InChI=1S/C12H12BrN3O2S/c1-14-12(19)16-9-7-5-6(13)3-4-8(7)15-10(9)11(17)18-2/h3-5,15H,1-2H3,(H2,14,16,19). The molecular formula is C12H12BrN3O2S. The zero-order valence-corrected chi connectivity index (χ0v) is 12.7. The van der Waals surface area contributed by atoms with Gasteiger partial charge in [0.2, 0.25) is 0 Å². The molecule has 1 aromatic carbocycles. The molecule has 1 aromatic heterocycles. The van der Waals surface area contributed by atoms with Crippen molar-refractivity contribution >= 4 is 55.8 Å². The normalized spacial score (nSPS) is 10.3. The molecule has 0 spiro atoms. The molecule has 0 saturated carbocycles. The Morgan fingerprint density at radius 2 is 2.21 bits per heavy atom. The second-order valence-electron chi connectivity index (χ2n) is 3.76. The minimum Gasteiger partial charge on any atom is -0.464 e. The third-order valence-corrected chi connectivity index (χ3v) is 3.42. The molecule has 7 heteroatoms. The highest BCUT2D eigenvalue weighted by Gasteiger charge is 2.19. The Hall–Kier alpha value is -1.60. The number of rotatable bonds is 2. The second kappa shape index (κ2) is 5.58. The van der Waals surface area contributed by atoms with Crippen LogP contribution in [0.5, 0.6) is 0 Å². The molecule has 0 fully saturated rings.